The number of methoxy groups -OCH3 is 2. The van der Waals surface area contributed by atoms with Gasteiger partial charge < -0.3 is 14.2 Å². The molecule has 0 aromatic heterocycles. The molecule has 0 N–H and O–H groups in total. The lowest BCUT2D eigenvalue weighted by atomic mass is 10.1. The molecule has 0 atom stereocenters. The molecule has 0 saturated heterocycles. The summed E-state index contributed by atoms with van der Waals surface area (Å²) in [7, 11) is 3.34. The van der Waals surface area contributed by atoms with Crippen LogP contribution in [0.1, 0.15) is 18.4 Å². The lowest BCUT2D eigenvalue weighted by Crippen LogP contribution is -2.03. The fraction of sp³-hybridized carbons (Fsp3) is 0.571. The molecule has 0 spiro atoms. The van der Waals surface area contributed by atoms with Crippen LogP contribution in [0.15, 0.2) is 18.2 Å². The molecule has 4 heteroatoms. The zero-order valence-corrected chi connectivity index (χ0v) is 11.8. The van der Waals surface area contributed by atoms with Crippen molar-refractivity contribution in [1.82, 2.24) is 0 Å². The summed E-state index contributed by atoms with van der Waals surface area (Å²) >= 11 is 5.70. The van der Waals surface area contributed by atoms with Gasteiger partial charge in [0.05, 0.1) is 13.7 Å². The molecule has 1 rings (SSSR count). The summed E-state index contributed by atoms with van der Waals surface area (Å²) in [6.07, 6.45) is 2.80. The number of hydrogen-bond donors (Lipinski definition) is 0. The molecular formula is C14H21ClO3. The maximum atomic E-state index is 5.71. The third-order valence-electron chi connectivity index (χ3n) is 2.58. The minimum absolute atomic E-state index is 0.628. The van der Waals surface area contributed by atoms with E-state index in [0.717, 1.165) is 30.8 Å². The van der Waals surface area contributed by atoms with Gasteiger partial charge in [0, 0.05) is 26.0 Å². The molecule has 0 amide bonds. The van der Waals surface area contributed by atoms with Gasteiger partial charge in [0.25, 0.3) is 0 Å². The first-order chi connectivity index (χ1) is 8.81. The number of benzene rings is 1. The van der Waals surface area contributed by atoms with Crippen molar-refractivity contribution in [3.05, 3.63) is 23.8 Å². The molecule has 1 aromatic rings. The van der Waals surface area contributed by atoms with E-state index in [-0.39, 0.29) is 0 Å². The van der Waals surface area contributed by atoms with Crippen molar-refractivity contribution < 1.29 is 14.2 Å². The zero-order chi connectivity index (χ0) is 13.2. The molecule has 18 heavy (non-hydrogen) atoms. The van der Waals surface area contributed by atoms with Gasteiger partial charge in [0.2, 0.25) is 0 Å². The minimum atomic E-state index is 0.628. The fourth-order valence-electron chi connectivity index (χ4n) is 1.65. The maximum Gasteiger partial charge on any atom is 0.161 e. The number of ether oxygens (including phenoxy) is 3. The summed E-state index contributed by atoms with van der Waals surface area (Å²) in [6, 6.07) is 6.01. The van der Waals surface area contributed by atoms with E-state index in [1.807, 2.05) is 18.2 Å². The second-order valence-electron chi connectivity index (χ2n) is 3.97. The third-order valence-corrected chi connectivity index (χ3v) is 2.84. The van der Waals surface area contributed by atoms with Crippen molar-refractivity contribution in [2.24, 2.45) is 0 Å². The van der Waals surface area contributed by atoms with Crippen LogP contribution < -0.4 is 9.47 Å². The monoisotopic (exact) mass is 272 g/mol. The molecule has 0 radical (unpaired) electrons. The molecule has 0 fully saturated rings. The molecule has 0 aliphatic carbocycles. The van der Waals surface area contributed by atoms with Crippen molar-refractivity contribution in [2.75, 3.05) is 33.3 Å². The van der Waals surface area contributed by atoms with E-state index < -0.39 is 0 Å². The van der Waals surface area contributed by atoms with Crippen molar-refractivity contribution in [3.63, 3.8) is 0 Å². The number of rotatable bonds is 9. The summed E-state index contributed by atoms with van der Waals surface area (Å²) in [4.78, 5) is 0. The largest absolute Gasteiger partial charge is 0.493 e. The Morgan fingerprint density at radius 1 is 1.06 bits per heavy atom. The van der Waals surface area contributed by atoms with Crippen LogP contribution in [-0.4, -0.2) is 33.3 Å². The molecule has 0 bridgehead atoms. The Morgan fingerprint density at radius 3 is 2.56 bits per heavy atom. The Morgan fingerprint density at radius 2 is 1.89 bits per heavy atom. The molecule has 0 aliphatic rings. The highest BCUT2D eigenvalue weighted by atomic mass is 35.5. The average molecular weight is 273 g/mol. The van der Waals surface area contributed by atoms with E-state index in [9.17, 15) is 0 Å². The molecule has 0 saturated carbocycles. The molecule has 1 aromatic carbocycles. The number of halogens is 1. The lowest BCUT2D eigenvalue weighted by molar-refractivity contribution is 0.170. The van der Waals surface area contributed by atoms with Crippen LogP contribution in [0.4, 0.5) is 0 Å². The van der Waals surface area contributed by atoms with Gasteiger partial charge in [-0.1, -0.05) is 6.07 Å². The van der Waals surface area contributed by atoms with Gasteiger partial charge in [-0.3, -0.25) is 0 Å². The van der Waals surface area contributed by atoms with Crippen LogP contribution in [0.2, 0.25) is 0 Å². The molecule has 0 heterocycles. The van der Waals surface area contributed by atoms with Gasteiger partial charge in [-0.25, -0.2) is 0 Å². The van der Waals surface area contributed by atoms with E-state index >= 15 is 0 Å². The van der Waals surface area contributed by atoms with Crippen LogP contribution in [-0.2, 0) is 11.2 Å². The Balaban J connectivity index is 2.60. The normalized spacial score (nSPS) is 10.4. The van der Waals surface area contributed by atoms with Crippen molar-refractivity contribution in [1.29, 1.82) is 0 Å². The Hall–Kier alpha value is -0.930. The first-order valence-corrected chi connectivity index (χ1v) is 6.70. The summed E-state index contributed by atoms with van der Waals surface area (Å²) in [5, 5.41) is 0. The predicted octanol–water partition coefficient (Wildman–Crippen LogP) is 3.28. The molecule has 0 unspecified atom stereocenters. The van der Waals surface area contributed by atoms with E-state index in [1.54, 1.807) is 14.2 Å². The topological polar surface area (TPSA) is 27.7 Å². The van der Waals surface area contributed by atoms with Crippen molar-refractivity contribution in [3.8, 4) is 11.5 Å². The van der Waals surface area contributed by atoms with Crippen LogP contribution in [0.25, 0.3) is 0 Å². The van der Waals surface area contributed by atoms with Crippen LogP contribution in [0.5, 0.6) is 11.5 Å². The van der Waals surface area contributed by atoms with Gasteiger partial charge in [-0.15, -0.1) is 11.6 Å². The number of hydrogen-bond acceptors (Lipinski definition) is 3. The predicted molar refractivity (Wildman–Crippen MR) is 74.0 cm³/mol. The highest BCUT2D eigenvalue weighted by Gasteiger charge is 2.05. The lowest BCUT2D eigenvalue weighted by Gasteiger charge is -2.12. The van der Waals surface area contributed by atoms with Gasteiger partial charge in [-0.2, -0.15) is 0 Å². The Kier molecular flexibility index (Phi) is 7.62. The summed E-state index contributed by atoms with van der Waals surface area (Å²) in [6.45, 7) is 1.33. The first kappa shape index (κ1) is 15.1. The highest BCUT2D eigenvalue weighted by Crippen LogP contribution is 2.28. The van der Waals surface area contributed by atoms with E-state index in [2.05, 4.69) is 0 Å². The average Bonchev–Trinajstić information content (AvgIpc) is 2.41. The SMILES string of the molecule is COCCCOc1cc(CCCCl)ccc1OC. The van der Waals surface area contributed by atoms with Crippen LogP contribution in [0, 0.1) is 0 Å². The number of alkyl halides is 1. The van der Waals surface area contributed by atoms with Gasteiger partial charge in [-0.05, 0) is 30.5 Å². The Bertz CT molecular complexity index is 342. The molecular weight excluding hydrogens is 252 g/mol. The molecule has 102 valence electrons. The molecule has 3 nitrogen and oxygen atoms in total. The van der Waals surface area contributed by atoms with Crippen molar-refractivity contribution >= 4 is 11.6 Å². The van der Waals surface area contributed by atoms with E-state index in [1.165, 1.54) is 5.56 Å². The zero-order valence-electron chi connectivity index (χ0n) is 11.1. The smallest absolute Gasteiger partial charge is 0.161 e. The summed E-state index contributed by atoms with van der Waals surface area (Å²) in [5.41, 5.74) is 1.22. The van der Waals surface area contributed by atoms with Crippen molar-refractivity contribution in [2.45, 2.75) is 19.3 Å². The van der Waals surface area contributed by atoms with Crippen LogP contribution >= 0.6 is 11.6 Å². The van der Waals surface area contributed by atoms with Crippen LogP contribution in [0.3, 0.4) is 0 Å². The van der Waals surface area contributed by atoms with E-state index in [0.29, 0.717) is 19.1 Å². The second kappa shape index (κ2) is 9.06. The standard InChI is InChI=1S/C14H21ClO3/c1-16-9-4-10-18-14-11-12(5-3-8-15)6-7-13(14)17-2/h6-7,11H,3-5,8-10H2,1-2H3. The first-order valence-electron chi connectivity index (χ1n) is 6.16. The molecule has 0 aliphatic heterocycles. The maximum absolute atomic E-state index is 5.71. The van der Waals surface area contributed by atoms with Gasteiger partial charge in [0.15, 0.2) is 11.5 Å². The quantitative estimate of drug-likeness (QED) is 0.510. The van der Waals surface area contributed by atoms with Gasteiger partial charge >= 0.3 is 0 Å². The summed E-state index contributed by atoms with van der Waals surface area (Å²) in [5.74, 6) is 2.23. The highest BCUT2D eigenvalue weighted by molar-refractivity contribution is 6.17. The Labute approximate surface area is 114 Å². The third kappa shape index (κ3) is 5.15. The number of aryl methyl sites for hydroxylation is 1. The summed E-state index contributed by atoms with van der Waals surface area (Å²) < 4.78 is 16.0. The minimum Gasteiger partial charge on any atom is -0.493 e. The van der Waals surface area contributed by atoms with E-state index in [4.69, 9.17) is 25.8 Å². The fourth-order valence-corrected chi connectivity index (χ4v) is 1.78. The second-order valence-corrected chi connectivity index (χ2v) is 4.35. The van der Waals surface area contributed by atoms with Gasteiger partial charge in [0.1, 0.15) is 0 Å².